The van der Waals surface area contributed by atoms with Gasteiger partial charge < -0.3 is 8.98 Å². The van der Waals surface area contributed by atoms with Gasteiger partial charge in [0.15, 0.2) is 8.07 Å². The molecule has 49 heavy (non-hydrogen) atoms. The van der Waals surface area contributed by atoms with Gasteiger partial charge in [0.25, 0.3) is 0 Å². The van der Waals surface area contributed by atoms with Gasteiger partial charge in [-0.05, 0) is 74.2 Å². The molecule has 0 aliphatic carbocycles. The fourth-order valence-electron chi connectivity index (χ4n) is 7.93. The Morgan fingerprint density at radius 3 is 1.76 bits per heavy atom. The molecule has 0 amide bonds. The summed E-state index contributed by atoms with van der Waals surface area (Å²) in [5.41, 5.74) is 6.87. The van der Waals surface area contributed by atoms with Crippen molar-refractivity contribution in [3.8, 4) is 5.69 Å². The van der Waals surface area contributed by atoms with Crippen molar-refractivity contribution in [1.82, 2.24) is 4.57 Å². The van der Waals surface area contributed by atoms with Crippen LogP contribution in [0.4, 0.5) is 0 Å². The minimum atomic E-state index is -2.85. The minimum absolute atomic E-state index is 0.0648. The molecule has 0 fully saturated rings. The second kappa shape index (κ2) is 11.2. The Labute approximate surface area is 287 Å². The van der Waals surface area contributed by atoms with Crippen LogP contribution >= 0.6 is 0 Å². The van der Waals surface area contributed by atoms with Gasteiger partial charge in [-0.25, -0.2) is 0 Å². The zero-order chi connectivity index (χ0) is 33.2. The highest BCUT2D eigenvalue weighted by atomic mass is 28.3. The van der Waals surface area contributed by atoms with Crippen molar-refractivity contribution in [1.29, 1.82) is 0 Å². The average molecular weight is 648 g/mol. The summed E-state index contributed by atoms with van der Waals surface area (Å²) in [6.07, 6.45) is 0. The van der Waals surface area contributed by atoms with Gasteiger partial charge in [-0.1, -0.05) is 148 Å². The third-order valence-electron chi connectivity index (χ3n) is 10.3. The molecule has 2 heterocycles. The van der Waals surface area contributed by atoms with E-state index in [1.54, 1.807) is 0 Å². The number of para-hydroxylation sites is 2. The van der Waals surface area contributed by atoms with Gasteiger partial charge >= 0.3 is 0 Å². The fourth-order valence-corrected chi connectivity index (χ4v) is 12.7. The molecule has 0 aliphatic rings. The number of aromatic nitrogens is 1. The van der Waals surface area contributed by atoms with E-state index in [-0.39, 0.29) is 5.41 Å². The van der Waals surface area contributed by atoms with Crippen molar-refractivity contribution < 1.29 is 4.42 Å². The fraction of sp³-hybridized carbons (Fsp3) is 0.0870. The van der Waals surface area contributed by atoms with Crippen LogP contribution in [0.25, 0.3) is 49.4 Å². The average Bonchev–Trinajstić information content (AvgIpc) is 3.68. The highest BCUT2D eigenvalue weighted by Gasteiger charge is 2.42. The summed E-state index contributed by atoms with van der Waals surface area (Å²) >= 11 is 0. The Bertz CT molecular complexity index is 2600. The number of fused-ring (bicyclic) bond motifs is 6. The molecule has 0 unspecified atom stereocenters. The summed E-state index contributed by atoms with van der Waals surface area (Å²) in [6, 6.07) is 62.8. The molecule has 9 aromatic rings. The van der Waals surface area contributed by atoms with Crippen molar-refractivity contribution >= 4 is 72.6 Å². The molecule has 9 rings (SSSR count). The molecule has 0 radical (unpaired) electrons. The van der Waals surface area contributed by atoms with Crippen molar-refractivity contribution in [2.45, 2.75) is 26.2 Å². The van der Waals surface area contributed by atoms with Crippen LogP contribution in [0.15, 0.2) is 174 Å². The van der Waals surface area contributed by atoms with Crippen molar-refractivity contribution in [3.63, 3.8) is 0 Å². The van der Waals surface area contributed by atoms with Gasteiger partial charge in [-0.3, -0.25) is 0 Å². The van der Waals surface area contributed by atoms with E-state index in [0.717, 1.165) is 21.9 Å². The number of hydrogen-bond donors (Lipinski definition) is 0. The third-order valence-corrected chi connectivity index (χ3v) is 15.1. The number of benzene rings is 7. The van der Waals surface area contributed by atoms with Gasteiger partial charge in [-0.2, -0.15) is 0 Å². The molecule has 0 atom stereocenters. The van der Waals surface area contributed by atoms with Crippen LogP contribution in [0.2, 0.25) is 0 Å². The lowest BCUT2D eigenvalue weighted by Gasteiger charge is -2.34. The Hall–Kier alpha value is -5.64. The van der Waals surface area contributed by atoms with Crippen LogP contribution in [-0.2, 0) is 5.41 Å². The molecule has 0 saturated heterocycles. The SMILES string of the molecule is CC(C)(C)c1ccc2c(c1)c1ccccc1n2-c1cccc([Si](c2ccccc2)(c2ccccc2)c2ccc3oc4ccccc4c3c2)c1. The zero-order valence-electron chi connectivity index (χ0n) is 28.0. The lowest BCUT2D eigenvalue weighted by atomic mass is 9.86. The summed E-state index contributed by atoms with van der Waals surface area (Å²) < 4.78 is 8.79. The molecule has 0 N–H and O–H groups in total. The molecular weight excluding hydrogens is 611 g/mol. The first kappa shape index (κ1) is 29.5. The summed E-state index contributed by atoms with van der Waals surface area (Å²) in [5, 5.41) is 10.2. The standard InChI is InChI=1S/C46H37NOSi/c1-46(2,3)32-25-27-43-40(29-32)38-21-10-12-23-42(38)47(43)33-15-14-20-36(30-33)49(34-16-6-4-7-17-34,35-18-8-5-9-19-35)37-26-28-45-41(31-37)39-22-11-13-24-44(39)48-45/h4-31H,1-3H3. The Kier molecular flexibility index (Phi) is 6.75. The molecular formula is C46H37NOSi. The minimum Gasteiger partial charge on any atom is -0.456 e. The van der Waals surface area contributed by atoms with E-state index in [1.807, 2.05) is 6.07 Å². The molecule has 2 nitrogen and oxygen atoms in total. The van der Waals surface area contributed by atoms with E-state index in [4.69, 9.17) is 4.42 Å². The molecule has 0 saturated carbocycles. The van der Waals surface area contributed by atoms with Crippen LogP contribution in [0.3, 0.4) is 0 Å². The first-order chi connectivity index (χ1) is 23.9. The van der Waals surface area contributed by atoms with Gasteiger partial charge in [0.1, 0.15) is 11.2 Å². The molecule has 236 valence electrons. The highest BCUT2D eigenvalue weighted by Crippen LogP contribution is 2.35. The van der Waals surface area contributed by atoms with Crippen molar-refractivity contribution in [3.05, 3.63) is 175 Å². The van der Waals surface area contributed by atoms with Gasteiger partial charge in [0.2, 0.25) is 0 Å². The summed E-state index contributed by atoms with van der Waals surface area (Å²) in [5.74, 6) is 0. The van der Waals surface area contributed by atoms with Crippen LogP contribution in [0, 0.1) is 0 Å². The zero-order valence-corrected chi connectivity index (χ0v) is 29.0. The lowest BCUT2D eigenvalue weighted by molar-refractivity contribution is 0.591. The first-order valence-corrected chi connectivity index (χ1v) is 19.1. The van der Waals surface area contributed by atoms with Crippen molar-refractivity contribution in [2.24, 2.45) is 0 Å². The normalized spacial score (nSPS) is 12.4. The maximum atomic E-state index is 6.33. The van der Waals surface area contributed by atoms with Crippen LogP contribution in [0.1, 0.15) is 26.3 Å². The van der Waals surface area contributed by atoms with E-state index in [2.05, 4.69) is 189 Å². The monoisotopic (exact) mass is 647 g/mol. The van der Waals surface area contributed by atoms with Gasteiger partial charge in [-0.15, -0.1) is 0 Å². The van der Waals surface area contributed by atoms with E-state index in [1.165, 1.54) is 53.8 Å². The van der Waals surface area contributed by atoms with Gasteiger partial charge in [0.05, 0.1) is 11.0 Å². The quantitative estimate of drug-likeness (QED) is 0.135. The number of nitrogens with zero attached hydrogens (tertiary/aromatic N) is 1. The predicted octanol–water partition coefficient (Wildman–Crippen LogP) is 9.36. The number of furan rings is 1. The lowest BCUT2D eigenvalue weighted by Crippen LogP contribution is -2.74. The maximum absolute atomic E-state index is 6.33. The third kappa shape index (κ3) is 4.61. The second-order valence-electron chi connectivity index (χ2n) is 14.2. The van der Waals surface area contributed by atoms with Crippen molar-refractivity contribution in [2.75, 3.05) is 0 Å². The molecule has 2 aromatic heterocycles. The van der Waals surface area contributed by atoms with E-state index < -0.39 is 8.07 Å². The summed E-state index contributed by atoms with van der Waals surface area (Å²) in [7, 11) is -2.85. The topological polar surface area (TPSA) is 18.1 Å². The van der Waals surface area contributed by atoms with E-state index in [9.17, 15) is 0 Å². The number of hydrogen-bond acceptors (Lipinski definition) is 1. The Morgan fingerprint density at radius 1 is 0.429 bits per heavy atom. The molecule has 0 aliphatic heterocycles. The van der Waals surface area contributed by atoms with E-state index in [0.29, 0.717) is 0 Å². The summed E-state index contributed by atoms with van der Waals surface area (Å²) in [4.78, 5) is 0. The van der Waals surface area contributed by atoms with Gasteiger partial charge in [0, 0.05) is 27.2 Å². The predicted molar refractivity (Wildman–Crippen MR) is 210 cm³/mol. The molecule has 3 heteroatoms. The van der Waals surface area contributed by atoms with E-state index >= 15 is 0 Å². The largest absolute Gasteiger partial charge is 0.456 e. The smallest absolute Gasteiger partial charge is 0.179 e. The maximum Gasteiger partial charge on any atom is 0.179 e. The second-order valence-corrected chi connectivity index (χ2v) is 18.0. The highest BCUT2D eigenvalue weighted by molar-refractivity contribution is 7.20. The number of rotatable bonds is 5. The summed E-state index contributed by atoms with van der Waals surface area (Å²) in [6.45, 7) is 6.87. The molecule has 7 aromatic carbocycles. The first-order valence-electron chi connectivity index (χ1n) is 17.1. The van der Waals surface area contributed by atoms with Crippen LogP contribution in [0.5, 0.6) is 0 Å². The molecule has 0 bridgehead atoms. The Morgan fingerprint density at radius 2 is 1.02 bits per heavy atom. The van der Waals surface area contributed by atoms with Crippen LogP contribution in [-0.4, -0.2) is 12.6 Å². The molecule has 0 spiro atoms. The van der Waals surface area contributed by atoms with Crippen LogP contribution < -0.4 is 20.7 Å². The Balaban J connectivity index is 1.36.